The van der Waals surface area contributed by atoms with E-state index in [0.29, 0.717) is 0 Å². The maximum atomic E-state index is 4.28. The van der Waals surface area contributed by atoms with Crippen molar-refractivity contribution in [3.8, 4) is 0 Å². The van der Waals surface area contributed by atoms with Crippen LogP contribution in [0.4, 0.5) is 5.82 Å². The maximum absolute atomic E-state index is 4.28. The van der Waals surface area contributed by atoms with Gasteiger partial charge in [0.05, 0.1) is 5.69 Å². The van der Waals surface area contributed by atoms with Gasteiger partial charge < -0.3 is 5.32 Å². The summed E-state index contributed by atoms with van der Waals surface area (Å²) in [7, 11) is 0. The number of halogens is 1. The van der Waals surface area contributed by atoms with Crippen molar-refractivity contribution in [2.75, 3.05) is 17.2 Å². The van der Waals surface area contributed by atoms with E-state index in [1.807, 2.05) is 6.07 Å². The highest BCUT2D eigenvalue weighted by atomic mass is 79.9. The number of hydrogen-bond acceptors (Lipinski definition) is 3. The van der Waals surface area contributed by atoms with Crippen LogP contribution in [0.25, 0.3) is 0 Å². The van der Waals surface area contributed by atoms with Crippen LogP contribution in [0.15, 0.2) is 12.4 Å². The average Bonchev–Trinajstić information content (AvgIpc) is 2.17. The second-order valence-corrected chi connectivity index (χ2v) is 5.30. The predicted molar refractivity (Wildman–Crippen MR) is 67.6 cm³/mol. The van der Waals surface area contributed by atoms with E-state index >= 15 is 0 Å². The summed E-state index contributed by atoms with van der Waals surface area (Å²) >= 11 is 3.40. The zero-order chi connectivity index (χ0) is 11.3. The number of aromatic nitrogens is 2. The van der Waals surface area contributed by atoms with Crippen LogP contribution in [0.2, 0.25) is 0 Å². The SMILES string of the molecule is CC(C)(C)c1cc(NCCCBr)ncn1. The second kappa shape index (κ2) is 5.45. The molecule has 0 unspecified atom stereocenters. The molecule has 0 fully saturated rings. The number of nitrogens with zero attached hydrogens (tertiary/aromatic N) is 2. The molecule has 1 aromatic heterocycles. The van der Waals surface area contributed by atoms with Crippen LogP contribution < -0.4 is 5.32 Å². The molecule has 0 bridgehead atoms. The summed E-state index contributed by atoms with van der Waals surface area (Å²) in [5, 5.41) is 4.29. The Balaban J connectivity index is 2.66. The van der Waals surface area contributed by atoms with Crippen molar-refractivity contribution < 1.29 is 0 Å². The van der Waals surface area contributed by atoms with Crippen molar-refractivity contribution in [3.63, 3.8) is 0 Å². The van der Waals surface area contributed by atoms with Crippen LogP contribution in [-0.2, 0) is 5.41 Å². The summed E-state index contributed by atoms with van der Waals surface area (Å²) in [6, 6.07) is 2.02. The predicted octanol–water partition coefficient (Wildman–Crippen LogP) is 2.97. The summed E-state index contributed by atoms with van der Waals surface area (Å²) in [6.07, 6.45) is 2.71. The average molecular weight is 272 g/mol. The van der Waals surface area contributed by atoms with Crippen molar-refractivity contribution in [1.29, 1.82) is 0 Å². The van der Waals surface area contributed by atoms with E-state index in [2.05, 4.69) is 52.0 Å². The topological polar surface area (TPSA) is 37.8 Å². The Morgan fingerprint density at radius 2 is 2.07 bits per heavy atom. The number of hydrogen-bond donors (Lipinski definition) is 1. The first-order chi connectivity index (χ1) is 7.04. The van der Waals surface area contributed by atoms with Gasteiger partial charge in [0, 0.05) is 23.4 Å². The first-order valence-corrected chi connectivity index (χ1v) is 6.28. The minimum absolute atomic E-state index is 0.0782. The second-order valence-electron chi connectivity index (χ2n) is 4.51. The van der Waals surface area contributed by atoms with E-state index in [0.717, 1.165) is 29.8 Å². The Kier molecular flexibility index (Phi) is 4.51. The van der Waals surface area contributed by atoms with Crippen LogP contribution in [0.1, 0.15) is 32.9 Å². The summed E-state index contributed by atoms with van der Waals surface area (Å²) in [6.45, 7) is 7.39. The molecule has 1 heterocycles. The summed E-state index contributed by atoms with van der Waals surface area (Å²) < 4.78 is 0. The van der Waals surface area contributed by atoms with Crippen LogP contribution in [-0.4, -0.2) is 21.8 Å². The van der Waals surface area contributed by atoms with Gasteiger partial charge in [-0.25, -0.2) is 9.97 Å². The van der Waals surface area contributed by atoms with Crippen molar-refractivity contribution in [2.24, 2.45) is 0 Å². The van der Waals surface area contributed by atoms with Crippen LogP contribution >= 0.6 is 15.9 Å². The quantitative estimate of drug-likeness (QED) is 0.676. The lowest BCUT2D eigenvalue weighted by Gasteiger charge is -2.17. The zero-order valence-electron chi connectivity index (χ0n) is 9.55. The highest BCUT2D eigenvalue weighted by Crippen LogP contribution is 2.20. The van der Waals surface area contributed by atoms with Gasteiger partial charge in [-0.05, 0) is 6.42 Å². The van der Waals surface area contributed by atoms with Gasteiger partial charge in [0.1, 0.15) is 12.1 Å². The fourth-order valence-electron chi connectivity index (χ4n) is 1.15. The summed E-state index contributed by atoms with van der Waals surface area (Å²) in [5.74, 6) is 0.913. The number of alkyl halides is 1. The molecule has 0 saturated heterocycles. The van der Waals surface area contributed by atoms with E-state index < -0.39 is 0 Å². The third kappa shape index (κ3) is 4.16. The Morgan fingerprint density at radius 1 is 1.33 bits per heavy atom. The smallest absolute Gasteiger partial charge is 0.129 e. The third-order valence-corrected chi connectivity index (χ3v) is 2.61. The Bertz CT molecular complexity index is 307. The normalized spacial score (nSPS) is 11.5. The molecular weight excluding hydrogens is 254 g/mol. The lowest BCUT2D eigenvalue weighted by Crippen LogP contribution is -2.15. The number of nitrogens with one attached hydrogen (secondary N) is 1. The van der Waals surface area contributed by atoms with E-state index in [1.165, 1.54) is 0 Å². The minimum Gasteiger partial charge on any atom is -0.370 e. The number of rotatable bonds is 4. The standard InChI is InChI=1S/C11H18BrN3/c1-11(2,3)9-7-10(15-8-14-9)13-6-4-5-12/h7-8H,4-6H2,1-3H3,(H,13,14,15). The zero-order valence-corrected chi connectivity index (χ0v) is 11.1. The molecule has 0 aliphatic rings. The number of anilines is 1. The molecule has 84 valence electrons. The summed E-state index contributed by atoms with van der Waals surface area (Å²) in [5.41, 5.74) is 1.15. The van der Waals surface area contributed by atoms with Gasteiger partial charge in [0.2, 0.25) is 0 Å². The molecule has 1 N–H and O–H groups in total. The van der Waals surface area contributed by atoms with E-state index in [1.54, 1.807) is 6.33 Å². The molecule has 0 saturated carbocycles. The van der Waals surface area contributed by atoms with Gasteiger partial charge >= 0.3 is 0 Å². The fraction of sp³-hybridized carbons (Fsp3) is 0.636. The molecule has 0 aliphatic heterocycles. The van der Waals surface area contributed by atoms with Crippen LogP contribution in [0, 0.1) is 0 Å². The first-order valence-electron chi connectivity index (χ1n) is 5.16. The highest BCUT2D eigenvalue weighted by molar-refractivity contribution is 9.09. The van der Waals surface area contributed by atoms with Crippen molar-refractivity contribution >= 4 is 21.7 Å². The van der Waals surface area contributed by atoms with Gasteiger partial charge in [-0.15, -0.1) is 0 Å². The molecule has 0 spiro atoms. The van der Waals surface area contributed by atoms with Gasteiger partial charge in [-0.1, -0.05) is 36.7 Å². The van der Waals surface area contributed by atoms with Crippen LogP contribution in [0.5, 0.6) is 0 Å². The van der Waals surface area contributed by atoms with E-state index in [9.17, 15) is 0 Å². The Hall–Kier alpha value is -0.640. The Morgan fingerprint density at radius 3 is 2.67 bits per heavy atom. The van der Waals surface area contributed by atoms with Crippen LogP contribution in [0.3, 0.4) is 0 Å². The molecule has 0 radical (unpaired) electrons. The third-order valence-electron chi connectivity index (χ3n) is 2.05. The molecule has 0 atom stereocenters. The largest absolute Gasteiger partial charge is 0.370 e. The molecule has 0 aromatic carbocycles. The van der Waals surface area contributed by atoms with Gasteiger partial charge in [-0.2, -0.15) is 0 Å². The summed E-state index contributed by atoms with van der Waals surface area (Å²) in [4.78, 5) is 8.47. The molecule has 0 amide bonds. The van der Waals surface area contributed by atoms with Crippen molar-refractivity contribution in [3.05, 3.63) is 18.1 Å². The Labute approximate surface area is 99.8 Å². The molecule has 1 aromatic rings. The van der Waals surface area contributed by atoms with E-state index in [-0.39, 0.29) is 5.41 Å². The first kappa shape index (κ1) is 12.4. The molecule has 4 heteroatoms. The lowest BCUT2D eigenvalue weighted by atomic mass is 9.92. The maximum Gasteiger partial charge on any atom is 0.129 e. The highest BCUT2D eigenvalue weighted by Gasteiger charge is 2.15. The van der Waals surface area contributed by atoms with E-state index in [4.69, 9.17) is 0 Å². The van der Waals surface area contributed by atoms with Gasteiger partial charge in [0.15, 0.2) is 0 Å². The molecular formula is C11H18BrN3. The minimum atomic E-state index is 0.0782. The van der Waals surface area contributed by atoms with Gasteiger partial charge in [-0.3, -0.25) is 0 Å². The fourth-order valence-corrected chi connectivity index (χ4v) is 1.43. The molecule has 0 aliphatic carbocycles. The van der Waals surface area contributed by atoms with Crippen molar-refractivity contribution in [2.45, 2.75) is 32.6 Å². The monoisotopic (exact) mass is 271 g/mol. The molecule has 15 heavy (non-hydrogen) atoms. The van der Waals surface area contributed by atoms with Gasteiger partial charge in [0.25, 0.3) is 0 Å². The van der Waals surface area contributed by atoms with Crippen molar-refractivity contribution in [1.82, 2.24) is 9.97 Å². The molecule has 1 rings (SSSR count). The lowest BCUT2D eigenvalue weighted by molar-refractivity contribution is 0.567. The molecule has 3 nitrogen and oxygen atoms in total.